The summed E-state index contributed by atoms with van der Waals surface area (Å²) < 4.78 is 11.6. The van der Waals surface area contributed by atoms with E-state index in [1.807, 2.05) is 36.1 Å². The third kappa shape index (κ3) is 4.77. The molecule has 0 aliphatic carbocycles. The van der Waals surface area contributed by atoms with Gasteiger partial charge >= 0.3 is 0 Å². The van der Waals surface area contributed by atoms with Crippen LogP contribution in [0.15, 0.2) is 40.3 Å². The molecule has 0 radical (unpaired) electrons. The lowest BCUT2D eigenvalue weighted by molar-refractivity contribution is -0.110. The van der Waals surface area contributed by atoms with Gasteiger partial charge in [0.2, 0.25) is 0 Å². The van der Waals surface area contributed by atoms with Crippen LogP contribution in [0.25, 0.3) is 16.7 Å². The zero-order valence-electron chi connectivity index (χ0n) is 18.0. The van der Waals surface area contributed by atoms with Crippen LogP contribution in [0, 0.1) is 5.92 Å². The second kappa shape index (κ2) is 10.4. The predicted octanol–water partition coefficient (Wildman–Crippen LogP) is 4.44. The van der Waals surface area contributed by atoms with E-state index in [9.17, 15) is 4.79 Å². The number of likely N-dealkylation sites (tertiary alicyclic amines) is 1. The number of aldehydes is 1. The summed E-state index contributed by atoms with van der Waals surface area (Å²) in [6.07, 6.45) is 2.65. The van der Waals surface area contributed by atoms with Crippen molar-refractivity contribution in [1.82, 2.24) is 4.90 Å². The maximum absolute atomic E-state index is 11.6. The molecular formula is C23H32N2O4. The molecule has 1 aliphatic heterocycles. The van der Waals surface area contributed by atoms with Crippen molar-refractivity contribution in [3.63, 3.8) is 0 Å². The molecule has 158 valence electrons. The van der Waals surface area contributed by atoms with Crippen LogP contribution in [-0.4, -0.2) is 54.9 Å². The maximum atomic E-state index is 11.6. The molecule has 1 N–H and O–H groups in total. The van der Waals surface area contributed by atoms with Gasteiger partial charge < -0.3 is 24.0 Å². The smallest absolute Gasteiger partial charge is 0.176 e. The summed E-state index contributed by atoms with van der Waals surface area (Å²) in [6, 6.07) is 7.61. The highest BCUT2D eigenvalue weighted by Gasteiger charge is 2.35. The van der Waals surface area contributed by atoms with Gasteiger partial charge in [-0.25, -0.2) is 0 Å². The van der Waals surface area contributed by atoms with Crippen LogP contribution in [0.4, 0.5) is 5.69 Å². The van der Waals surface area contributed by atoms with Crippen LogP contribution >= 0.6 is 0 Å². The Morgan fingerprint density at radius 2 is 2.14 bits per heavy atom. The Morgan fingerprint density at radius 3 is 2.76 bits per heavy atom. The first-order chi connectivity index (χ1) is 14.0. The van der Waals surface area contributed by atoms with E-state index in [1.165, 1.54) is 0 Å². The Kier molecular flexibility index (Phi) is 8.17. The maximum Gasteiger partial charge on any atom is 0.176 e. The molecule has 6 nitrogen and oxygen atoms in total. The van der Waals surface area contributed by atoms with Crippen molar-refractivity contribution >= 4 is 34.4 Å². The quantitative estimate of drug-likeness (QED) is 0.549. The Labute approximate surface area is 172 Å². The van der Waals surface area contributed by atoms with Crippen molar-refractivity contribution < 1.29 is 19.1 Å². The molecule has 1 aliphatic rings. The number of para-hydroxylation sites is 1. The Hall–Kier alpha value is -2.44. The van der Waals surface area contributed by atoms with Crippen LogP contribution in [0.5, 0.6) is 0 Å². The molecule has 2 heterocycles. The predicted molar refractivity (Wildman–Crippen MR) is 118 cm³/mol. The topological polar surface area (TPSA) is 75.3 Å². The minimum Gasteiger partial charge on any atom is -0.452 e. The van der Waals surface area contributed by atoms with Gasteiger partial charge in [0.25, 0.3) is 0 Å². The van der Waals surface area contributed by atoms with Gasteiger partial charge in [0.1, 0.15) is 17.6 Å². The highest BCUT2D eigenvalue weighted by atomic mass is 16.5. The van der Waals surface area contributed by atoms with E-state index >= 15 is 0 Å². The zero-order valence-corrected chi connectivity index (χ0v) is 18.0. The van der Waals surface area contributed by atoms with Crippen molar-refractivity contribution in [2.75, 3.05) is 20.8 Å². The van der Waals surface area contributed by atoms with Crippen molar-refractivity contribution in [3.05, 3.63) is 36.6 Å². The Morgan fingerprint density at radius 1 is 1.45 bits per heavy atom. The van der Waals surface area contributed by atoms with Crippen LogP contribution in [0.3, 0.4) is 0 Å². The van der Waals surface area contributed by atoms with E-state index in [2.05, 4.69) is 20.4 Å². The normalized spacial score (nSPS) is 20.3. The van der Waals surface area contributed by atoms with E-state index < -0.39 is 0 Å². The van der Waals surface area contributed by atoms with Gasteiger partial charge in [0, 0.05) is 38.3 Å². The van der Waals surface area contributed by atoms with Gasteiger partial charge in [-0.15, -0.1) is 0 Å². The van der Waals surface area contributed by atoms with E-state index in [1.54, 1.807) is 7.11 Å². The summed E-state index contributed by atoms with van der Waals surface area (Å²) in [7, 11) is 2.67. The lowest BCUT2D eigenvalue weighted by atomic mass is 10.0. The number of fused-ring (bicyclic) bond motifs is 1. The van der Waals surface area contributed by atoms with Crippen LogP contribution in [-0.2, 0) is 9.53 Å². The molecule has 0 bridgehead atoms. The largest absolute Gasteiger partial charge is 0.452 e. The fourth-order valence-electron chi connectivity index (χ4n) is 3.49. The van der Waals surface area contributed by atoms with Gasteiger partial charge in [0.15, 0.2) is 5.76 Å². The van der Waals surface area contributed by atoms with Crippen LogP contribution in [0.2, 0.25) is 0 Å². The SMILES string of the molecule is C=C(c1oc2ccccc2c1N=C(C)C(C)CC)N1CC(OC)CC1C=O.CO. The average molecular weight is 401 g/mol. The highest BCUT2D eigenvalue weighted by molar-refractivity contribution is 5.99. The Balaban J connectivity index is 0.00000145. The number of nitrogens with zero attached hydrogens (tertiary/aromatic N) is 2. The first-order valence-electron chi connectivity index (χ1n) is 9.95. The number of carbonyl (C=O) groups is 1. The van der Waals surface area contributed by atoms with E-state index in [0.29, 0.717) is 30.3 Å². The summed E-state index contributed by atoms with van der Waals surface area (Å²) in [6.45, 7) is 11.2. The number of methoxy groups -OCH3 is 1. The second-order valence-corrected chi connectivity index (χ2v) is 7.23. The molecule has 3 unspecified atom stereocenters. The number of carbonyl (C=O) groups excluding carboxylic acids is 1. The van der Waals surface area contributed by atoms with E-state index in [-0.39, 0.29) is 12.1 Å². The highest BCUT2D eigenvalue weighted by Crippen LogP contribution is 2.40. The van der Waals surface area contributed by atoms with Gasteiger partial charge in [0.05, 0.1) is 17.8 Å². The first kappa shape index (κ1) is 22.8. The number of ether oxygens (including phenoxy) is 1. The molecule has 1 saturated heterocycles. The number of aliphatic hydroxyl groups is 1. The fourth-order valence-corrected chi connectivity index (χ4v) is 3.49. The first-order valence-corrected chi connectivity index (χ1v) is 9.95. The molecule has 1 aromatic carbocycles. The third-order valence-corrected chi connectivity index (χ3v) is 5.59. The minimum absolute atomic E-state index is 0.00938. The molecule has 1 aromatic heterocycles. The summed E-state index contributed by atoms with van der Waals surface area (Å²) in [5.41, 5.74) is 3.30. The molecule has 29 heavy (non-hydrogen) atoms. The van der Waals surface area contributed by atoms with E-state index in [0.717, 1.165) is 42.2 Å². The number of aliphatic hydroxyl groups excluding tert-OH is 1. The molecular weight excluding hydrogens is 368 g/mol. The average Bonchev–Trinajstić information content (AvgIpc) is 3.35. The second-order valence-electron chi connectivity index (χ2n) is 7.23. The Bertz CT molecular complexity index is 871. The standard InChI is InChI=1S/C22H28N2O3.CH4O/c1-6-14(2)15(3)23-21-19-9-7-8-10-20(19)27-22(21)16(4)24-12-18(26-5)11-17(24)13-25;1-2/h7-10,13-14,17-18H,4,6,11-12H2,1-3,5H3;2H,1H3. The molecule has 0 amide bonds. The van der Waals surface area contributed by atoms with E-state index in [4.69, 9.17) is 19.3 Å². The monoisotopic (exact) mass is 400 g/mol. The van der Waals surface area contributed by atoms with Gasteiger partial charge in [-0.2, -0.15) is 0 Å². The fraction of sp³-hybridized carbons (Fsp3) is 0.478. The third-order valence-electron chi connectivity index (χ3n) is 5.59. The number of hydrogen-bond donors (Lipinski definition) is 1. The van der Waals surface area contributed by atoms with Crippen LogP contribution < -0.4 is 0 Å². The zero-order chi connectivity index (χ0) is 21.6. The van der Waals surface area contributed by atoms with Crippen molar-refractivity contribution in [1.29, 1.82) is 0 Å². The number of aliphatic imine (C=N–C) groups is 1. The number of rotatable bonds is 7. The molecule has 3 atom stereocenters. The van der Waals surface area contributed by atoms with Crippen molar-refractivity contribution in [2.45, 2.75) is 45.8 Å². The van der Waals surface area contributed by atoms with Gasteiger partial charge in [-0.3, -0.25) is 4.99 Å². The molecule has 0 saturated carbocycles. The number of benzene rings is 1. The molecule has 1 fully saturated rings. The number of furan rings is 1. The van der Waals surface area contributed by atoms with Gasteiger partial charge in [-0.05, 0) is 31.4 Å². The number of hydrogen-bond acceptors (Lipinski definition) is 6. The lowest BCUT2D eigenvalue weighted by Crippen LogP contribution is -2.29. The molecule has 2 aromatic rings. The summed E-state index contributed by atoms with van der Waals surface area (Å²) in [5, 5.41) is 7.96. The van der Waals surface area contributed by atoms with Gasteiger partial charge in [-0.1, -0.05) is 32.6 Å². The molecule has 3 rings (SSSR count). The summed E-state index contributed by atoms with van der Waals surface area (Å²) >= 11 is 0. The van der Waals surface area contributed by atoms with Crippen molar-refractivity contribution in [2.24, 2.45) is 10.9 Å². The summed E-state index contributed by atoms with van der Waals surface area (Å²) in [5.74, 6) is 1.01. The lowest BCUT2D eigenvalue weighted by Gasteiger charge is -2.23. The summed E-state index contributed by atoms with van der Waals surface area (Å²) in [4.78, 5) is 18.5. The molecule has 6 heteroatoms. The van der Waals surface area contributed by atoms with Crippen LogP contribution in [0.1, 0.15) is 39.4 Å². The minimum atomic E-state index is -0.261. The van der Waals surface area contributed by atoms with Crippen molar-refractivity contribution in [3.8, 4) is 0 Å². The molecule has 0 spiro atoms.